The van der Waals surface area contributed by atoms with Gasteiger partial charge in [-0.3, -0.25) is 4.79 Å². The molecule has 2 heterocycles. The van der Waals surface area contributed by atoms with Gasteiger partial charge < -0.3 is 65.5 Å². The Morgan fingerprint density at radius 3 is 2.28 bits per heavy atom. The van der Waals surface area contributed by atoms with Crippen LogP contribution in [-0.4, -0.2) is 138 Å². The molecule has 32 heavy (non-hydrogen) atoms. The summed E-state index contributed by atoms with van der Waals surface area (Å²) in [4.78, 5) is 22.9. The number of carbonyl (C=O) groups is 2. The number of amides is 1. The van der Waals surface area contributed by atoms with E-state index in [4.69, 9.17) is 14.2 Å². The second-order valence-corrected chi connectivity index (χ2v) is 7.71. The van der Waals surface area contributed by atoms with Gasteiger partial charge in [-0.15, -0.1) is 0 Å². The molecule has 0 aromatic carbocycles. The zero-order valence-electron chi connectivity index (χ0n) is 17.0. The summed E-state index contributed by atoms with van der Waals surface area (Å²) in [6, 6.07) is -1.44. The average Bonchev–Trinajstić information content (AvgIpc) is 2.72. The Bertz CT molecular complexity index is 663. The number of carboxylic acids is 1. The van der Waals surface area contributed by atoms with Crippen LogP contribution in [0.25, 0.3) is 0 Å². The van der Waals surface area contributed by atoms with Crippen LogP contribution in [0.4, 0.5) is 0 Å². The number of aliphatic hydroxyl groups is 8. The third kappa shape index (κ3) is 5.52. The highest BCUT2D eigenvalue weighted by Crippen LogP contribution is 2.32. The van der Waals surface area contributed by atoms with E-state index < -0.39 is 98.5 Å². The first-order valence-electron chi connectivity index (χ1n) is 9.70. The van der Waals surface area contributed by atoms with Crippen molar-refractivity contribution in [3.63, 3.8) is 0 Å². The number of rotatable bonds is 8. The lowest BCUT2D eigenvalue weighted by molar-refractivity contribution is -0.332. The molecule has 2 fully saturated rings. The summed E-state index contributed by atoms with van der Waals surface area (Å²) in [5.74, 6) is -5.51. The fraction of sp³-hybridized carbons (Fsp3) is 0.882. The highest BCUT2D eigenvalue weighted by molar-refractivity contribution is 5.76. The van der Waals surface area contributed by atoms with Crippen LogP contribution in [-0.2, 0) is 23.8 Å². The molecule has 0 radical (unpaired) electrons. The number of ether oxygens (including phenoxy) is 3. The number of carboxylic acid groups (broad SMARTS) is 1. The lowest BCUT2D eigenvalue weighted by Crippen LogP contribution is -2.68. The van der Waals surface area contributed by atoms with Crippen LogP contribution in [0.1, 0.15) is 13.3 Å². The second-order valence-electron chi connectivity index (χ2n) is 7.71. The molecule has 11 atom stereocenters. The SMILES string of the molecule is CC(=O)N[C@H]1[C@H]([C@H](O)[C@@H](CO)O[C@@H]2O[C@H](CO)[C@H](O)[C@H](O)[C@H]2O)OC(O)(C(=O)O)C[C@@H]1O. The molecular weight excluding hydrogens is 442 g/mol. The molecule has 2 saturated heterocycles. The second kappa shape index (κ2) is 10.6. The zero-order valence-corrected chi connectivity index (χ0v) is 17.0. The Morgan fingerprint density at radius 2 is 1.78 bits per heavy atom. The van der Waals surface area contributed by atoms with E-state index in [1.54, 1.807) is 0 Å². The summed E-state index contributed by atoms with van der Waals surface area (Å²) in [6.45, 7) is -0.697. The number of hydrogen-bond donors (Lipinski definition) is 10. The van der Waals surface area contributed by atoms with E-state index in [0.29, 0.717) is 0 Å². The minimum Gasteiger partial charge on any atom is -0.477 e. The van der Waals surface area contributed by atoms with Crippen LogP contribution >= 0.6 is 0 Å². The highest BCUT2D eigenvalue weighted by Gasteiger charge is 2.55. The lowest BCUT2D eigenvalue weighted by Gasteiger charge is -2.46. The van der Waals surface area contributed by atoms with Gasteiger partial charge >= 0.3 is 5.97 Å². The summed E-state index contributed by atoms with van der Waals surface area (Å²) in [7, 11) is 0. The van der Waals surface area contributed by atoms with Crippen LogP contribution in [0.15, 0.2) is 0 Å². The molecule has 0 aromatic rings. The summed E-state index contributed by atoms with van der Waals surface area (Å²) >= 11 is 0. The molecule has 15 heteroatoms. The van der Waals surface area contributed by atoms with Gasteiger partial charge in [0.15, 0.2) is 6.29 Å². The summed E-state index contributed by atoms with van der Waals surface area (Å²) in [6.07, 6.45) is -16.7. The standard InChI is InChI=1S/C17H29NO14/c1-5(21)18-9-6(22)2-17(29,16(27)28)32-14(9)11(24)8(4-20)31-15-13(26)12(25)10(23)7(3-19)30-15/h6-15,19-20,22-26,29H,2-4H2,1H3,(H,18,21)(H,27,28)/t6-,7+,8+,9+,10-,11+,12-,13+,14+,15-,17?/m0/s1. The predicted octanol–water partition coefficient (Wildman–Crippen LogP) is -6.05. The molecule has 0 spiro atoms. The maximum atomic E-state index is 11.5. The minimum atomic E-state index is -2.94. The third-order valence-corrected chi connectivity index (χ3v) is 5.34. The lowest BCUT2D eigenvalue weighted by atomic mass is 9.88. The van der Waals surface area contributed by atoms with E-state index >= 15 is 0 Å². The monoisotopic (exact) mass is 471 g/mol. The van der Waals surface area contributed by atoms with Gasteiger partial charge in [-0.1, -0.05) is 0 Å². The number of nitrogens with one attached hydrogen (secondary N) is 1. The van der Waals surface area contributed by atoms with Crippen molar-refractivity contribution in [2.75, 3.05) is 13.2 Å². The fourth-order valence-electron chi connectivity index (χ4n) is 3.60. The molecule has 1 amide bonds. The maximum Gasteiger partial charge on any atom is 0.364 e. The van der Waals surface area contributed by atoms with Gasteiger partial charge in [0.05, 0.1) is 25.4 Å². The van der Waals surface area contributed by atoms with Crippen molar-refractivity contribution >= 4 is 11.9 Å². The average molecular weight is 471 g/mol. The van der Waals surface area contributed by atoms with Crippen LogP contribution in [0, 0.1) is 0 Å². The van der Waals surface area contributed by atoms with Crippen LogP contribution in [0.5, 0.6) is 0 Å². The Hall–Kier alpha value is -1.50. The van der Waals surface area contributed by atoms with Gasteiger partial charge in [-0.2, -0.15) is 0 Å². The van der Waals surface area contributed by atoms with Crippen molar-refractivity contribution < 1.29 is 69.8 Å². The van der Waals surface area contributed by atoms with Gasteiger partial charge in [0, 0.05) is 13.3 Å². The van der Waals surface area contributed by atoms with Crippen LogP contribution < -0.4 is 5.32 Å². The van der Waals surface area contributed by atoms with Gasteiger partial charge in [0.2, 0.25) is 5.91 Å². The molecule has 1 unspecified atom stereocenters. The Morgan fingerprint density at radius 1 is 1.16 bits per heavy atom. The van der Waals surface area contributed by atoms with Gasteiger partial charge in [-0.05, 0) is 0 Å². The summed E-state index contributed by atoms with van der Waals surface area (Å²) in [5, 5.41) is 91.3. The van der Waals surface area contributed by atoms with Crippen molar-refractivity contribution in [3.8, 4) is 0 Å². The minimum absolute atomic E-state index is 0.689. The Balaban J connectivity index is 2.26. The molecule has 0 aliphatic carbocycles. The number of aliphatic hydroxyl groups excluding tert-OH is 7. The number of hydrogen-bond acceptors (Lipinski definition) is 13. The topological polar surface area (TPSA) is 256 Å². The van der Waals surface area contributed by atoms with E-state index in [1.165, 1.54) is 0 Å². The van der Waals surface area contributed by atoms with E-state index in [2.05, 4.69) is 5.32 Å². The first kappa shape index (κ1) is 26.7. The molecule has 2 rings (SSSR count). The van der Waals surface area contributed by atoms with Crippen molar-refractivity contribution in [3.05, 3.63) is 0 Å². The Labute approximate surface area is 181 Å². The van der Waals surface area contributed by atoms with Crippen molar-refractivity contribution in [1.29, 1.82) is 0 Å². The van der Waals surface area contributed by atoms with Crippen molar-refractivity contribution in [2.45, 2.75) is 80.3 Å². The smallest absolute Gasteiger partial charge is 0.364 e. The quantitative estimate of drug-likeness (QED) is 0.158. The van der Waals surface area contributed by atoms with Crippen molar-refractivity contribution in [2.24, 2.45) is 0 Å². The van der Waals surface area contributed by atoms with Crippen LogP contribution in [0.2, 0.25) is 0 Å². The van der Waals surface area contributed by atoms with Crippen LogP contribution in [0.3, 0.4) is 0 Å². The van der Waals surface area contributed by atoms with E-state index in [-0.39, 0.29) is 0 Å². The van der Waals surface area contributed by atoms with Crippen molar-refractivity contribution in [1.82, 2.24) is 5.32 Å². The first-order valence-corrected chi connectivity index (χ1v) is 9.70. The molecule has 0 saturated carbocycles. The molecule has 0 bridgehead atoms. The zero-order chi connectivity index (χ0) is 24.4. The number of carbonyl (C=O) groups excluding carboxylic acids is 1. The van der Waals surface area contributed by atoms with Gasteiger partial charge in [0.25, 0.3) is 5.79 Å². The molecule has 15 nitrogen and oxygen atoms in total. The highest BCUT2D eigenvalue weighted by atomic mass is 16.7. The number of aliphatic carboxylic acids is 1. The van der Waals surface area contributed by atoms with Gasteiger partial charge in [-0.25, -0.2) is 4.79 Å². The summed E-state index contributed by atoms with van der Waals surface area (Å²) < 4.78 is 15.5. The Kier molecular flexibility index (Phi) is 8.88. The van der Waals surface area contributed by atoms with E-state index in [9.17, 15) is 55.5 Å². The molecule has 186 valence electrons. The molecule has 0 aromatic heterocycles. The summed E-state index contributed by atoms with van der Waals surface area (Å²) in [5.41, 5.74) is 0. The molecular formula is C17H29NO14. The normalized spacial score (nSPS) is 42.2. The first-order chi connectivity index (χ1) is 14.9. The van der Waals surface area contributed by atoms with E-state index in [1.807, 2.05) is 0 Å². The van der Waals surface area contributed by atoms with Gasteiger partial charge in [0.1, 0.15) is 42.7 Å². The maximum absolute atomic E-state index is 11.5. The third-order valence-electron chi connectivity index (χ3n) is 5.34. The largest absolute Gasteiger partial charge is 0.477 e. The predicted molar refractivity (Wildman–Crippen MR) is 97.4 cm³/mol. The molecule has 10 N–H and O–H groups in total. The fourth-order valence-corrected chi connectivity index (χ4v) is 3.60. The molecule has 2 aliphatic rings. The van der Waals surface area contributed by atoms with E-state index in [0.717, 1.165) is 6.92 Å². The molecule has 2 aliphatic heterocycles.